The Morgan fingerprint density at radius 3 is 2.80 bits per heavy atom. The second kappa shape index (κ2) is 4.98. The molecular formula is C15H15FN2OS. The average molecular weight is 290 g/mol. The molecule has 20 heavy (non-hydrogen) atoms. The summed E-state index contributed by atoms with van der Waals surface area (Å²) in [5.41, 5.74) is 2.32. The van der Waals surface area contributed by atoms with Gasteiger partial charge in [-0.1, -0.05) is 12.2 Å². The molecule has 1 aliphatic rings. The van der Waals surface area contributed by atoms with E-state index in [4.69, 9.17) is 17.0 Å². The van der Waals surface area contributed by atoms with Gasteiger partial charge in [0.25, 0.3) is 0 Å². The van der Waals surface area contributed by atoms with E-state index in [1.165, 1.54) is 12.1 Å². The van der Waals surface area contributed by atoms with Gasteiger partial charge in [0.05, 0.1) is 12.8 Å². The van der Waals surface area contributed by atoms with Gasteiger partial charge in [-0.2, -0.15) is 0 Å². The Labute approximate surface area is 121 Å². The lowest BCUT2D eigenvalue weighted by Crippen LogP contribution is -2.01. The normalized spacial score (nSPS) is 14.3. The molecule has 5 heteroatoms. The number of H-pyrrole nitrogens is 1. The van der Waals surface area contributed by atoms with E-state index in [1.54, 1.807) is 13.2 Å². The highest BCUT2D eigenvalue weighted by Crippen LogP contribution is 2.40. The Hall–Kier alpha value is -1.75. The summed E-state index contributed by atoms with van der Waals surface area (Å²) in [5, 5.41) is 0. The lowest BCUT2D eigenvalue weighted by atomic mass is 10.1. The fourth-order valence-electron chi connectivity index (χ4n) is 2.24. The molecule has 1 aromatic heterocycles. The highest BCUT2D eigenvalue weighted by Gasteiger charge is 2.27. The summed E-state index contributed by atoms with van der Waals surface area (Å²) in [4.78, 5) is 7.73. The van der Waals surface area contributed by atoms with Crippen LogP contribution in [0.2, 0.25) is 0 Å². The number of halogens is 1. The van der Waals surface area contributed by atoms with Gasteiger partial charge in [-0.25, -0.2) is 9.37 Å². The summed E-state index contributed by atoms with van der Waals surface area (Å²) in [7, 11) is 1.57. The van der Waals surface area contributed by atoms with Gasteiger partial charge >= 0.3 is 0 Å². The van der Waals surface area contributed by atoms with Gasteiger partial charge in [-0.3, -0.25) is 0 Å². The van der Waals surface area contributed by atoms with Gasteiger partial charge in [0.15, 0.2) is 0 Å². The molecule has 104 valence electrons. The van der Waals surface area contributed by atoms with E-state index in [9.17, 15) is 4.39 Å². The van der Waals surface area contributed by atoms with E-state index < -0.39 is 0 Å². The van der Waals surface area contributed by atoms with Gasteiger partial charge in [-0.05, 0) is 38.0 Å². The van der Waals surface area contributed by atoms with Gasteiger partial charge < -0.3 is 9.72 Å². The summed E-state index contributed by atoms with van der Waals surface area (Å²) >= 11 is 5.32. The first kappa shape index (κ1) is 13.2. The molecule has 1 heterocycles. The molecule has 1 fully saturated rings. The molecule has 0 radical (unpaired) electrons. The number of hydrogen-bond acceptors (Lipinski definition) is 3. The zero-order chi connectivity index (χ0) is 14.3. The minimum absolute atomic E-state index is 0.302. The fraction of sp³-hybridized carbons (Fsp3) is 0.333. The van der Waals surface area contributed by atoms with Crippen LogP contribution in [0.4, 0.5) is 4.39 Å². The predicted molar refractivity (Wildman–Crippen MR) is 78.1 cm³/mol. The zero-order valence-corrected chi connectivity index (χ0v) is 12.2. The number of rotatable bonds is 3. The van der Waals surface area contributed by atoms with Crippen LogP contribution in [-0.4, -0.2) is 17.1 Å². The molecular weight excluding hydrogens is 275 g/mol. The molecule has 1 N–H and O–H groups in total. The minimum atomic E-state index is -0.302. The maximum absolute atomic E-state index is 13.6. The fourth-order valence-corrected chi connectivity index (χ4v) is 2.45. The van der Waals surface area contributed by atoms with Crippen molar-refractivity contribution in [3.63, 3.8) is 0 Å². The Kier molecular flexibility index (Phi) is 3.30. The lowest BCUT2D eigenvalue weighted by Gasteiger charge is -2.13. The molecule has 0 saturated heterocycles. The number of benzene rings is 1. The summed E-state index contributed by atoms with van der Waals surface area (Å²) < 4.78 is 19.4. The lowest BCUT2D eigenvalue weighted by molar-refractivity contribution is 0.415. The van der Waals surface area contributed by atoms with Crippen LogP contribution in [0.3, 0.4) is 0 Å². The van der Waals surface area contributed by atoms with Crippen LogP contribution in [0.1, 0.15) is 30.1 Å². The highest BCUT2D eigenvalue weighted by molar-refractivity contribution is 7.71. The van der Waals surface area contributed by atoms with Crippen LogP contribution in [0, 0.1) is 17.4 Å². The van der Waals surface area contributed by atoms with E-state index in [-0.39, 0.29) is 5.82 Å². The maximum Gasteiger partial charge on any atom is 0.133 e. The molecule has 1 aliphatic carbocycles. The van der Waals surface area contributed by atoms with Crippen molar-refractivity contribution in [2.75, 3.05) is 7.11 Å². The van der Waals surface area contributed by atoms with Crippen molar-refractivity contribution in [2.24, 2.45) is 0 Å². The summed E-state index contributed by atoms with van der Waals surface area (Å²) in [5.74, 6) is 1.66. The van der Waals surface area contributed by atoms with Gasteiger partial charge in [0.1, 0.15) is 22.0 Å². The molecule has 0 aliphatic heterocycles. The highest BCUT2D eigenvalue weighted by atomic mass is 32.1. The van der Waals surface area contributed by atoms with Crippen molar-refractivity contribution < 1.29 is 9.13 Å². The number of hydrogen-bond donors (Lipinski definition) is 1. The third-order valence-electron chi connectivity index (χ3n) is 3.57. The summed E-state index contributed by atoms with van der Waals surface area (Å²) in [6, 6.07) is 4.47. The quantitative estimate of drug-likeness (QED) is 0.863. The SMILES string of the molecule is COc1ccc(F)cc1-c1[nH]c(C2CC2)nc(=S)c1C. The topological polar surface area (TPSA) is 37.9 Å². The Morgan fingerprint density at radius 2 is 2.15 bits per heavy atom. The van der Waals surface area contributed by atoms with E-state index in [2.05, 4.69) is 9.97 Å². The molecule has 0 amide bonds. The number of aromatic nitrogens is 2. The molecule has 2 aromatic rings. The van der Waals surface area contributed by atoms with Crippen molar-refractivity contribution in [2.45, 2.75) is 25.7 Å². The third kappa shape index (κ3) is 2.33. The minimum Gasteiger partial charge on any atom is -0.496 e. The molecule has 3 rings (SSSR count). The Balaban J connectivity index is 2.23. The first-order valence-corrected chi connectivity index (χ1v) is 6.95. The third-order valence-corrected chi connectivity index (χ3v) is 3.96. The van der Waals surface area contributed by atoms with Crippen molar-refractivity contribution in [3.05, 3.63) is 40.0 Å². The average Bonchev–Trinajstić information content (AvgIpc) is 3.26. The van der Waals surface area contributed by atoms with E-state index in [0.29, 0.717) is 21.9 Å². The van der Waals surface area contributed by atoms with Crippen LogP contribution in [0.25, 0.3) is 11.3 Å². The van der Waals surface area contributed by atoms with Crippen LogP contribution < -0.4 is 4.74 Å². The van der Waals surface area contributed by atoms with Crippen molar-refractivity contribution >= 4 is 12.2 Å². The molecule has 1 saturated carbocycles. The first-order valence-electron chi connectivity index (χ1n) is 6.55. The second-order valence-corrected chi connectivity index (χ2v) is 5.43. The van der Waals surface area contributed by atoms with Crippen LogP contribution in [-0.2, 0) is 0 Å². The smallest absolute Gasteiger partial charge is 0.133 e. The van der Waals surface area contributed by atoms with Gasteiger partial charge in [0, 0.05) is 17.0 Å². The molecule has 3 nitrogen and oxygen atoms in total. The van der Waals surface area contributed by atoms with Crippen molar-refractivity contribution in [1.82, 2.24) is 9.97 Å². The summed E-state index contributed by atoms with van der Waals surface area (Å²) in [6.07, 6.45) is 2.25. The van der Waals surface area contributed by atoms with Crippen LogP contribution in [0.15, 0.2) is 18.2 Å². The van der Waals surface area contributed by atoms with Gasteiger partial charge in [-0.15, -0.1) is 0 Å². The van der Waals surface area contributed by atoms with Crippen molar-refractivity contribution in [3.8, 4) is 17.0 Å². The molecule has 0 bridgehead atoms. The van der Waals surface area contributed by atoms with Crippen LogP contribution >= 0.6 is 12.2 Å². The molecule has 0 unspecified atom stereocenters. The number of nitrogens with zero attached hydrogens (tertiary/aromatic N) is 1. The largest absolute Gasteiger partial charge is 0.496 e. The van der Waals surface area contributed by atoms with E-state index >= 15 is 0 Å². The van der Waals surface area contributed by atoms with Crippen molar-refractivity contribution in [1.29, 1.82) is 0 Å². The monoisotopic (exact) mass is 290 g/mol. The predicted octanol–water partition coefficient (Wildman–Crippen LogP) is 4.14. The number of ether oxygens (including phenoxy) is 1. The maximum atomic E-state index is 13.6. The van der Waals surface area contributed by atoms with Gasteiger partial charge in [0.2, 0.25) is 0 Å². The van der Waals surface area contributed by atoms with E-state index in [1.807, 2.05) is 6.92 Å². The number of nitrogens with one attached hydrogen (secondary N) is 1. The standard InChI is InChI=1S/C15H15FN2OS/c1-8-13(11-7-10(16)5-6-12(11)19-2)17-14(9-3-4-9)18-15(8)20/h5-7,9H,3-4H2,1-2H3,(H,17,18,20). The molecule has 0 spiro atoms. The van der Waals surface area contributed by atoms with E-state index in [0.717, 1.165) is 29.9 Å². The first-order chi connectivity index (χ1) is 9.60. The second-order valence-electron chi connectivity index (χ2n) is 5.05. The zero-order valence-electron chi connectivity index (χ0n) is 11.4. The number of aromatic amines is 1. The molecule has 1 aromatic carbocycles. The summed E-state index contributed by atoms with van der Waals surface area (Å²) in [6.45, 7) is 1.89. The Bertz CT molecular complexity index is 722. The Morgan fingerprint density at radius 1 is 1.40 bits per heavy atom. The van der Waals surface area contributed by atoms with Crippen LogP contribution in [0.5, 0.6) is 5.75 Å². The number of methoxy groups -OCH3 is 1. The molecule has 0 atom stereocenters.